The molecule has 2 saturated heterocycles. The third-order valence-electron chi connectivity index (χ3n) is 5.27. The number of aromatic nitrogens is 2. The summed E-state index contributed by atoms with van der Waals surface area (Å²) in [5.74, 6) is 0.585. The number of carbonyl (C=O) groups is 1. The molecule has 2 N–H and O–H groups in total. The topological polar surface area (TPSA) is 66.9 Å². The lowest BCUT2D eigenvalue weighted by Gasteiger charge is -2.21. The predicted octanol–water partition coefficient (Wildman–Crippen LogP) is 3.15. The van der Waals surface area contributed by atoms with Crippen molar-refractivity contribution in [2.45, 2.75) is 43.9 Å². The number of hydrogen-bond acceptors (Lipinski definition) is 4. The van der Waals surface area contributed by atoms with Crippen molar-refractivity contribution in [3.63, 3.8) is 0 Å². The van der Waals surface area contributed by atoms with Gasteiger partial charge in [0.05, 0.1) is 17.3 Å². The van der Waals surface area contributed by atoms with Crippen molar-refractivity contribution in [2.75, 3.05) is 6.54 Å². The van der Waals surface area contributed by atoms with Gasteiger partial charge in [0.15, 0.2) is 0 Å². The van der Waals surface area contributed by atoms with Crippen LogP contribution >= 0.6 is 0 Å². The zero-order valence-corrected chi connectivity index (χ0v) is 14.7. The van der Waals surface area contributed by atoms with Crippen LogP contribution < -0.4 is 10.6 Å². The van der Waals surface area contributed by atoms with Crippen LogP contribution in [-0.4, -0.2) is 28.0 Å². The number of alkyl halides is 3. The molecular formula is C19H19F3N4O. The van der Waals surface area contributed by atoms with Gasteiger partial charge in [-0.3, -0.25) is 10.1 Å². The third-order valence-corrected chi connectivity index (χ3v) is 5.27. The maximum Gasteiger partial charge on any atom is 0.416 e. The lowest BCUT2D eigenvalue weighted by Crippen LogP contribution is -2.47. The summed E-state index contributed by atoms with van der Waals surface area (Å²) in [6, 6.07) is 6.54. The second-order valence-electron chi connectivity index (χ2n) is 7.15. The number of halogens is 3. The number of hydrogen-bond donors (Lipinski definition) is 2. The minimum absolute atomic E-state index is 0.0145. The van der Waals surface area contributed by atoms with Gasteiger partial charge >= 0.3 is 6.18 Å². The molecule has 2 atom stereocenters. The first kappa shape index (κ1) is 17.9. The van der Waals surface area contributed by atoms with E-state index < -0.39 is 17.3 Å². The molecule has 1 spiro atoms. The average Bonchev–Trinajstić information content (AvgIpc) is 3.21. The summed E-state index contributed by atoms with van der Waals surface area (Å²) < 4.78 is 38.3. The highest BCUT2D eigenvalue weighted by Gasteiger charge is 2.48. The summed E-state index contributed by atoms with van der Waals surface area (Å²) in [6.45, 7) is 2.48. The molecule has 4 rings (SSSR count). The molecule has 0 saturated carbocycles. The molecular weight excluding hydrogens is 357 g/mol. The van der Waals surface area contributed by atoms with Crippen LogP contribution in [0.5, 0.6) is 0 Å². The second kappa shape index (κ2) is 6.30. The van der Waals surface area contributed by atoms with E-state index in [0.29, 0.717) is 23.6 Å². The normalized spacial score (nSPS) is 25.2. The van der Waals surface area contributed by atoms with Gasteiger partial charge in [0.2, 0.25) is 5.91 Å². The van der Waals surface area contributed by atoms with Gasteiger partial charge in [-0.05, 0) is 44.4 Å². The van der Waals surface area contributed by atoms with Gasteiger partial charge in [-0.15, -0.1) is 0 Å². The number of rotatable bonds is 2. The summed E-state index contributed by atoms with van der Waals surface area (Å²) in [6.07, 6.45) is -2.17. The van der Waals surface area contributed by atoms with Crippen molar-refractivity contribution in [1.82, 2.24) is 20.6 Å². The monoisotopic (exact) mass is 376 g/mol. The third kappa shape index (κ3) is 3.29. The van der Waals surface area contributed by atoms with E-state index in [-0.39, 0.29) is 11.9 Å². The van der Waals surface area contributed by atoms with Gasteiger partial charge in [-0.25, -0.2) is 9.97 Å². The molecule has 0 unspecified atom stereocenters. The summed E-state index contributed by atoms with van der Waals surface area (Å²) in [5, 5.41) is 6.24. The van der Waals surface area contributed by atoms with E-state index in [1.165, 1.54) is 12.1 Å². The molecule has 2 aliphatic rings. The molecule has 3 heterocycles. The Kier molecular flexibility index (Phi) is 4.18. The van der Waals surface area contributed by atoms with Crippen molar-refractivity contribution in [1.29, 1.82) is 0 Å². The fourth-order valence-electron chi connectivity index (χ4n) is 3.84. The van der Waals surface area contributed by atoms with Crippen LogP contribution in [-0.2, 0) is 11.0 Å². The van der Waals surface area contributed by atoms with Crippen molar-refractivity contribution in [2.24, 2.45) is 0 Å². The molecule has 1 aromatic heterocycles. The van der Waals surface area contributed by atoms with Crippen LogP contribution in [0.1, 0.15) is 42.4 Å². The highest BCUT2D eigenvalue weighted by molar-refractivity contribution is 5.88. The van der Waals surface area contributed by atoms with E-state index in [0.717, 1.165) is 37.1 Å². The summed E-state index contributed by atoms with van der Waals surface area (Å²) in [5.41, 5.74) is 0.662. The van der Waals surface area contributed by atoms with Gasteiger partial charge in [0.1, 0.15) is 11.4 Å². The lowest BCUT2D eigenvalue weighted by molar-refractivity contribution is -0.137. The Morgan fingerprint density at radius 1 is 1.15 bits per heavy atom. The number of carbonyl (C=O) groups excluding carboxylic acids is 1. The molecule has 0 aliphatic carbocycles. The minimum Gasteiger partial charge on any atom is -0.354 e. The second-order valence-corrected chi connectivity index (χ2v) is 7.15. The molecule has 2 aliphatic heterocycles. The molecule has 1 aromatic carbocycles. The van der Waals surface area contributed by atoms with Crippen molar-refractivity contribution in [3.05, 3.63) is 47.4 Å². The van der Waals surface area contributed by atoms with E-state index in [1.807, 2.05) is 6.92 Å². The van der Waals surface area contributed by atoms with E-state index in [1.54, 1.807) is 6.07 Å². The fourth-order valence-corrected chi connectivity index (χ4v) is 3.84. The lowest BCUT2D eigenvalue weighted by atomic mass is 9.96. The first-order chi connectivity index (χ1) is 12.8. The summed E-state index contributed by atoms with van der Waals surface area (Å²) in [4.78, 5) is 21.2. The number of nitrogens with zero attached hydrogens (tertiary/aromatic N) is 2. The Morgan fingerprint density at radius 2 is 1.89 bits per heavy atom. The highest BCUT2D eigenvalue weighted by atomic mass is 19.4. The highest BCUT2D eigenvalue weighted by Crippen LogP contribution is 2.36. The van der Waals surface area contributed by atoms with Crippen LogP contribution in [0.4, 0.5) is 13.2 Å². The molecule has 142 valence electrons. The van der Waals surface area contributed by atoms with Crippen molar-refractivity contribution >= 4 is 5.91 Å². The Bertz CT molecular complexity index is 882. The Morgan fingerprint density at radius 3 is 2.52 bits per heavy atom. The summed E-state index contributed by atoms with van der Waals surface area (Å²) >= 11 is 0. The largest absolute Gasteiger partial charge is 0.416 e. The maximum absolute atomic E-state index is 12.8. The molecule has 2 fully saturated rings. The molecule has 8 heteroatoms. The first-order valence-electron chi connectivity index (χ1n) is 8.86. The molecule has 0 bridgehead atoms. The predicted molar refractivity (Wildman–Crippen MR) is 92.7 cm³/mol. The molecule has 5 nitrogen and oxygen atoms in total. The molecule has 2 aromatic rings. The van der Waals surface area contributed by atoms with Crippen LogP contribution in [0.25, 0.3) is 11.3 Å². The Hall–Kier alpha value is -2.48. The van der Waals surface area contributed by atoms with E-state index in [4.69, 9.17) is 0 Å². The zero-order chi connectivity index (χ0) is 19.2. The van der Waals surface area contributed by atoms with Gasteiger partial charge in [0, 0.05) is 17.8 Å². The van der Waals surface area contributed by atoms with Crippen LogP contribution in [0.2, 0.25) is 0 Å². The minimum atomic E-state index is -4.37. The number of amides is 1. The molecule has 27 heavy (non-hydrogen) atoms. The van der Waals surface area contributed by atoms with Gasteiger partial charge in [0.25, 0.3) is 0 Å². The number of nitrogens with one attached hydrogen (secondary N) is 2. The zero-order valence-electron chi connectivity index (χ0n) is 14.7. The van der Waals surface area contributed by atoms with Gasteiger partial charge < -0.3 is 5.32 Å². The fraction of sp³-hybridized carbons (Fsp3) is 0.421. The van der Waals surface area contributed by atoms with Crippen LogP contribution in [0.3, 0.4) is 0 Å². The molecule has 1 amide bonds. The first-order valence-corrected chi connectivity index (χ1v) is 8.86. The van der Waals surface area contributed by atoms with E-state index in [2.05, 4.69) is 20.6 Å². The van der Waals surface area contributed by atoms with Crippen molar-refractivity contribution in [3.8, 4) is 11.3 Å². The van der Waals surface area contributed by atoms with E-state index >= 15 is 0 Å². The maximum atomic E-state index is 12.8. The summed E-state index contributed by atoms with van der Waals surface area (Å²) in [7, 11) is 0. The standard InChI is InChI=1S/C19H19F3N4O/c1-11-10-15(12-2-4-13(5-3-12)19(20,21)22)25-16(24-11)14-6-7-18(26-14)8-9-23-17(18)27/h2-5,10,14,26H,6-9H2,1H3,(H,23,27)/t14-,18-/m0/s1. The van der Waals surface area contributed by atoms with Crippen molar-refractivity contribution < 1.29 is 18.0 Å². The van der Waals surface area contributed by atoms with Crippen LogP contribution in [0, 0.1) is 6.92 Å². The Balaban J connectivity index is 1.62. The quantitative estimate of drug-likeness (QED) is 0.845. The number of aryl methyl sites for hydroxylation is 1. The molecule has 0 radical (unpaired) electrons. The van der Waals surface area contributed by atoms with Gasteiger partial charge in [-0.2, -0.15) is 13.2 Å². The Labute approximate surface area is 154 Å². The van der Waals surface area contributed by atoms with E-state index in [9.17, 15) is 18.0 Å². The van der Waals surface area contributed by atoms with Crippen LogP contribution in [0.15, 0.2) is 30.3 Å². The van der Waals surface area contributed by atoms with Gasteiger partial charge in [-0.1, -0.05) is 12.1 Å². The average molecular weight is 376 g/mol. The smallest absolute Gasteiger partial charge is 0.354 e. The number of benzene rings is 1. The SMILES string of the molecule is Cc1cc(-c2ccc(C(F)(F)F)cc2)nc([C@@H]2CC[C@@]3(CCNC3=O)N2)n1.